The van der Waals surface area contributed by atoms with Gasteiger partial charge in [0, 0.05) is 38.9 Å². The molecule has 3 rings (SSSR count). The number of likely N-dealkylation sites (N-methyl/N-ethyl adjacent to an activating group) is 1. The van der Waals surface area contributed by atoms with Crippen LogP contribution in [0.3, 0.4) is 0 Å². The summed E-state index contributed by atoms with van der Waals surface area (Å²) in [5.41, 5.74) is 1.09. The number of ether oxygens (including phenoxy) is 2. The third kappa shape index (κ3) is 4.95. The Morgan fingerprint density at radius 1 is 1.11 bits per heavy atom. The van der Waals surface area contributed by atoms with Gasteiger partial charge in [0.2, 0.25) is 0 Å². The highest BCUT2D eigenvalue weighted by atomic mass is 35.5. The Hall–Kier alpha value is -1.74. The van der Waals surface area contributed by atoms with Gasteiger partial charge in [-0.3, -0.25) is 4.90 Å². The maximum absolute atomic E-state index is 5.64. The molecule has 1 aliphatic heterocycles. The van der Waals surface area contributed by atoms with Crippen LogP contribution in [-0.4, -0.2) is 83.6 Å². The van der Waals surface area contributed by atoms with E-state index in [2.05, 4.69) is 38.3 Å². The molecule has 8 nitrogen and oxygen atoms in total. The summed E-state index contributed by atoms with van der Waals surface area (Å²) in [5, 5.41) is 12.5. The summed E-state index contributed by atoms with van der Waals surface area (Å²) in [7, 11) is 3.39. The predicted octanol–water partition coefficient (Wildman–Crippen LogP) is 1.48. The van der Waals surface area contributed by atoms with Crippen molar-refractivity contribution in [1.82, 2.24) is 30.0 Å². The Labute approximate surface area is 166 Å². The maximum Gasteiger partial charge on any atom is 0.173 e. The molecule has 0 radical (unpaired) electrons. The summed E-state index contributed by atoms with van der Waals surface area (Å²) >= 11 is 0. The van der Waals surface area contributed by atoms with Gasteiger partial charge in [0.05, 0.1) is 20.3 Å². The van der Waals surface area contributed by atoms with E-state index in [0.717, 1.165) is 49.9 Å². The van der Waals surface area contributed by atoms with Gasteiger partial charge in [0.15, 0.2) is 5.82 Å². The van der Waals surface area contributed by atoms with Gasteiger partial charge >= 0.3 is 0 Å². The molecule has 0 amide bonds. The largest absolute Gasteiger partial charge is 0.496 e. The van der Waals surface area contributed by atoms with Crippen LogP contribution < -0.4 is 4.74 Å². The molecule has 0 saturated carbocycles. The van der Waals surface area contributed by atoms with Gasteiger partial charge < -0.3 is 14.4 Å². The Morgan fingerprint density at radius 3 is 2.52 bits per heavy atom. The van der Waals surface area contributed by atoms with Crippen molar-refractivity contribution >= 4 is 12.4 Å². The van der Waals surface area contributed by atoms with E-state index in [1.807, 2.05) is 22.9 Å². The topological polar surface area (TPSA) is 68.5 Å². The Morgan fingerprint density at radius 2 is 1.85 bits per heavy atom. The van der Waals surface area contributed by atoms with Gasteiger partial charge in [-0.05, 0) is 23.0 Å². The summed E-state index contributed by atoms with van der Waals surface area (Å²) in [6.07, 6.45) is 0. The highest BCUT2D eigenvalue weighted by molar-refractivity contribution is 5.85. The summed E-state index contributed by atoms with van der Waals surface area (Å²) in [5.74, 6) is 1.69. The average molecular weight is 397 g/mol. The molecule has 2 heterocycles. The van der Waals surface area contributed by atoms with Crippen molar-refractivity contribution in [2.75, 3.05) is 53.6 Å². The van der Waals surface area contributed by atoms with E-state index in [-0.39, 0.29) is 18.4 Å². The number of hydrogen-bond donors (Lipinski definition) is 0. The molecule has 1 fully saturated rings. The van der Waals surface area contributed by atoms with Gasteiger partial charge in [0.25, 0.3) is 0 Å². The van der Waals surface area contributed by atoms with Crippen molar-refractivity contribution in [3.63, 3.8) is 0 Å². The fourth-order valence-corrected chi connectivity index (χ4v) is 3.47. The molecule has 1 unspecified atom stereocenters. The van der Waals surface area contributed by atoms with E-state index in [0.29, 0.717) is 13.2 Å². The monoisotopic (exact) mass is 396 g/mol. The quantitative estimate of drug-likeness (QED) is 0.669. The highest BCUT2D eigenvalue weighted by Gasteiger charge is 2.32. The molecule has 1 aromatic carbocycles. The van der Waals surface area contributed by atoms with Crippen LogP contribution in [-0.2, 0) is 11.3 Å². The number of halogens is 1. The molecule has 0 bridgehead atoms. The van der Waals surface area contributed by atoms with Crippen LogP contribution >= 0.6 is 12.4 Å². The van der Waals surface area contributed by atoms with Crippen molar-refractivity contribution in [3.8, 4) is 5.75 Å². The summed E-state index contributed by atoms with van der Waals surface area (Å²) in [4.78, 5) is 4.91. The van der Waals surface area contributed by atoms with Gasteiger partial charge in [-0.2, -0.15) is 0 Å². The lowest BCUT2D eigenvalue weighted by atomic mass is 10.0. The molecular weight excluding hydrogens is 368 g/mol. The van der Waals surface area contributed by atoms with E-state index >= 15 is 0 Å². The summed E-state index contributed by atoms with van der Waals surface area (Å²) in [6, 6.07) is 8.08. The second kappa shape index (κ2) is 10.6. The van der Waals surface area contributed by atoms with Crippen molar-refractivity contribution in [3.05, 3.63) is 35.7 Å². The number of piperazine rings is 1. The third-order valence-corrected chi connectivity index (χ3v) is 4.96. The molecule has 2 aromatic rings. The second-order valence-electron chi connectivity index (χ2n) is 6.37. The van der Waals surface area contributed by atoms with E-state index < -0.39 is 0 Å². The fourth-order valence-electron chi connectivity index (χ4n) is 3.47. The average Bonchev–Trinajstić information content (AvgIpc) is 3.15. The number of aromatic nitrogens is 4. The van der Waals surface area contributed by atoms with Crippen molar-refractivity contribution in [2.24, 2.45) is 0 Å². The van der Waals surface area contributed by atoms with Crippen LogP contribution in [0.5, 0.6) is 5.75 Å². The minimum absolute atomic E-state index is 0. The lowest BCUT2D eigenvalue weighted by molar-refractivity contribution is 0.106. The van der Waals surface area contributed by atoms with E-state index in [1.54, 1.807) is 14.2 Å². The first-order valence-corrected chi connectivity index (χ1v) is 9.12. The number of methoxy groups -OCH3 is 2. The van der Waals surface area contributed by atoms with Crippen molar-refractivity contribution < 1.29 is 9.47 Å². The molecule has 1 saturated heterocycles. The summed E-state index contributed by atoms with van der Waals surface area (Å²) in [6.45, 7) is 8.50. The molecule has 9 heteroatoms. The normalized spacial score (nSPS) is 16.7. The molecule has 150 valence electrons. The molecule has 27 heavy (non-hydrogen) atoms. The van der Waals surface area contributed by atoms with Crippen LogP contribution in [0, 0.1) is 0 Å². The first-order valence-electron chi connectivity index (χ1n) is 9.12. The van der Waals surface area contributed by atoms with E-state index in [9.17, 15) is 0 Å². The first kappa shape index (κ1) is 21.6. The zero-order valence-corrected chi connectivity index (χ0v) is 17.1. The van der Waals surface area contributed by atoms with E-state index in [4.69, 9.17) is 9.47 Å². The Balaban J connectivity index is 0.00000261. The van der Waals surface area contributed by atoms with Crippen LogP contribution in [0.1, 0.15) is 24.4 Å². The molecule has 0 N–H and O–H groups in total. The van der Waals surface area contributed by atoms with Crippen LogP contribution in [0.2, 0.25) is 0 Å². The standard InChI is InChI=1S/C18H28N6O2.ClH/c1-4-22-9-11-23(12-10-22)17(15-7-5-6-8-16(15)26-3)18-19-20-21-24(18)13-14-25-2;/h5-8,17H,4,9-14H2,1-3H3;1H. The lowest BCUT2D eigenvalue weighted by Gasteiger charge is -2.38. The number of tetrazole rings is 1. The Bertz CT molecular complexity index is 690. The highest BCUT2D eigenvalue weighted by Crippen LogP contribution is 2.34. The molecule has 1 aliphatic rings. The molecule has 1 atom stereocenters. The molecule has 0 aliphatic carbocycles. The molecule has 1 aromatic heterocycles. The second-order valence-corrected chi connectivity index (χ2v) is 6.37. The fraction of sp³-hybridized carbons (Fsp3) is 0.611. The van der Waals surface area contributed by atoms with Gasteiger partial charge in [0.1, 0.15) is 11.8 Å². The molecular formula is C18H29ClN6O2. The number of nitrogens with zero attached hydrogens (tertiary/aromatic N) is 6. The van der Waals surface area contributed by atoms with Crippen molar-refractivity contribution in [2.45, 2.75) is 19.5 Å². The zero-order chi connectivity index (χ0) is 18.4. The van der Waals surface area contributed by atoms with Crippen LogP contribution in [0.25, 0.3) is 0 Å². The maximum atomic E-state index is 5.64. The number of benzene rings is 1. The van der Waals surface area contributed by atoms with Crippen molar-refractivity contribution in [1.29, 1.82) is 0 Å². The summed E-state index contributed by atoms with van der Waals surface area (Å²) < 4.78 is 12.7. The van der Waals surface area contributed by atoms with Gasteiger partial charge in [-0.15, -0.1) is 17.5 Å². The number of rotatable bonds is 8. The molecule has 0 spiro atoms. The Kier molecular flexibility index (Phi) is 8.43. The van der Waals surface area contributed by atoms with Crippen LogP contribution in [0.4, 0.5) is 0 Å². The first-order chi connectivity index (χ1) is 12.8. The van der Waals surface area contributed by atoms with Gasteiger partial charge in [-0.25, -0.2) is 4.68 Å². The SMILES string of the molecule is CCN1CCN(C(c2ccccc2OC)c2nnnn2CCOC)CC1.Cl. The smallest absolute Gasteiger partial charge is 0.173 e. The lowest BCUT2D eigenvalue weighted by Crippen LogP contribution is -2.48. The number of para-hydroxylation sites is 1. The minimum Gasteiger partial charge on any atom is -0.496 e. The van der Waals surface area contributed by atoms with Gasteiger partial charge in [-0.1, -0.05) is 25.1 Å². The number of hydrogen-bond acceptors (Lipinski definition) is 7. The predicted molar refractivity (Wildman–Crippen MR) is 105 cm³/mol. The third-order valence-electron chi connectivity index (χ3n) is 4.96. The zero-order valence-electron chi connectivity index (χ0n) is 16.2. The minimum atomic E-state index is -0.0444. The van der Waals surface area contributed by atoms with E-state index in [1.165, 1.54) is 0 Å². The van der Waals surface area contributed by atoms with Crippen LogP contribution in [0.15, 0.2) is 24.3 Å².